The average molecular weight is 223 g/mol. The molecule has 1 aromatic rings. The second-order valence-electron chi connectivity index (χ2n) is 4.36. The third-order valence-corrected chi connectivity index (χ3v) is 3.08. The van der Waals surface area contributed by atoms with Crippen LogP contribution < -0.4 is 0 Å². The van der Waals surface area contributed by atoms with E-state index in [-0.39, 0.29) is 5.92 Å². The van der Waals surface area contributed by atoms with Crippen LogP contribution in [0.1, 0.15) is 25.6 Å². The number of aromatic nitrogens is 4. The molecule has 0 unspecified atom stereocenters. The number of aryl methyl sites for hydroxylation is 1. The van der Waals surface area contributed by atoms with Gasteiger partial charge in [0.15, 0.2) is 5.82 Å². The lowest BCUT2D eigenvalue weighted by molar-refractivity contribution is -0.122. The molecule has 0 N–H and O–H groups in total. The average Bonchev–Trinajstić information content (AvgIpc) is 2.65. The van der Waals surface area contributed by atoms with E-state index in [0.717, 1.165) is 38.3 Å². The van der Waals surface area contributed by atoms with Gasteiger partial charge in [0.25, 0.3) is 0 Å². The first kappa shape index (κ1) is 11.2. The van der Waals surface area contributed by atoms with Gasteiger partial charge in [0.05, 0.1) is 13.6 Å². The molecule has 0 aliphatic carbocycles. The van der Waals surface area contributed by atoms with Crippen LogP contribution in [0.3, 0.4) is 0 Å². The number of rotatable bonds is 3. The summed E-state index contributed by atoms with van der Waals surface area (Å²) in [6.07, 6.45) is 1.91. The number of piperidine rings is 1. The third-order valence-electron chi connectivity index (χ3n) is 3.08. The minimum atomic E-state index is 0.256. The van der Waals surface area contributed by atoms with Gasteiger partial charge in [-0.15, -0.1) is 10.2 Å². The molecule has 16 heavy (non-hydrogen) atoms. The lowest BCUT2D eigenvalue weighted by Crippen LogP contribution is -2.35. The molecule has 6 nitrogen and oxygen atoms in total. The number of carbonyl (C=O) groups excluding carboxylic acids is 1. The molecule has 1 aliphatic heterocycles. The summed E-state index contributed by atoms with van der Waals surface area (Å²) in [7, 11) is 1.76. The standard InChI is InChI=1S/C10H17N5O/c1-8(16)9-3-5-15(6-4-9)7-10-11-13-14(2)12-10/h9H,3-7H2,1-2H3. The fourth-order valence-electron chi connectivity index (χ4n) is 2.08. The minimum absolute atomic E-state index is 0.256. The van der Waals surface area contributed by atoms with Gasteiger partial charge in [-0.3, -0.25) is 9.69 Å². The van der Waals surface area contributed by atoms with Crippen molar-refractivity contribution in [2.45, 2.75) is 26.3 Å². The molecule has 6 heteroatoms. The highest BCUT2D eigenvalue weighted by molar-refractivity contribution is 5.78. The number of carbonyl (C=O) groups is 1. The Hall–Kier alpha value is -1.30. The monoisotopic (exact) mass is 223 g/mol. The molecule has 0 bridgehead atoms. The number of hydrogen-bond acceptors (Lipinski definition) is 5. The zero-order chi connectivity index (χ0) is 11.5. The zero-order valence-electron chi connectivity index (χ0n) is 9.76. The Bertz CT molecular complexity index is 367. The van der Waals surface area contributed by atoms with E-state index >= 15 is 0 Å². The van der Waals surface area contributed by atoms with Crippen LogP contribution in [0, 0.1) is 5.92 Å². The lowest BCUT2D eigenvalue weighted by atomic mass is 9.93. The lowest BCUT2D eigenvalue weighted by Gasteiger charge is -2.29. The van der Waals surface area contributed by atoms with Crippen LogP contribution >= 0.6 is 0 Å². The molecular formula is C10H17N5O. The van der Waals surface area contributed by atoms with Crippen LogP contribution in [0.25, 0.3) is 0 Å². The van der Waals surface area contributed by atoms with E-state index in [4.69, 9.17) is 0 Å². The quantitative estimate of drug-likeness (QED) is 0.722. The second kappa shape index (κ2) is 4.69. The van der Waals surface area contributed by atoms with Crippen molar-refractivity contribution in [1.82, 2.24) is 25.1 Å². The number of tetrazole rings is 1. The highest BCUT2D eigenvalue weighted by Gasteiger charge is 2.22. The SMILES string of the molecule is CC(=O)C1CCN(Cc2nnn(C)n2)CC1. The summed E-state index contributed by atoms with van der Waals surface area (Å²) >= 11 is 0. The Kier molecular flexibility index (Phi) is 3.28. The molecule has 1 aromatic heterocycles. The molecule has 0 amide bonds. The normalized spacial score (nSPS) is 18.9. The van der Waals surface area contributed by atoms with Crippen LogP contribution in [0.15, 0.2) is 0 Å². The molecule has 0 spiro atoms. The van der Waals surface area contributed by atoms with Crippen molar-refractivity contribution in [3.05, 3.63) is 5.82 Å². The third kappa shape index (κ3) is 2.63. The smallest absolute Gasteiger partial charge is 0.188 e. The summed E-state index contributed by atoms with van der Waals surface area (Å²) in [4.78, 5) is 15.0. The molecule has 0 aromatic carbocycles. The predicted molar refractivity (Wildman–Crippen MR) is 57.5 cm³/mol. The first-order valence-corrected chi connectivity index (χ1v) is 5.61. The van der Waals surface area contributed by atoms with Crippen molar-refractivity contribution in [3.8, 4) is 0 Å². The summed E-state index contributed by atoms with van der Waals surface area (Å²) < 4.78 is 0. The molecule has 0 atom stereocenters. The molecule has 2 rings (SSSR count). The first-order valence-electron chi connectivity index (χ1n) is 5.61. The highest BCUT2D eigenvalue weighted by Crippen LogP contribution is 2.18. The second-order valence-corrected chi connectivity index (χ2v) is 4.36. The molecular weight excluding hydrogens is 206 g/mol. The van der Waals surface area contributed by atoms with Crippen molar-refractivity contribution in [1.29, 1.82) is 0 Å². The maximum atomic E-state index is 11.2. The Balaban J connectivity index is 1.83. The van der Waals surface area contributed by atoms with E-state index in [2.05, 4.69) is 20.3 Å². The van der Waals surface area contributed by atoms with Gasteiger partial charge in [0.1, 0.15) is 5.78 Å². The van der Waals surface area contributed by atoms with Gasteiger partial charge >= 0.3 is 0 Å². The van der Waals surface area contributed by atoms with Gasteiger partial charge in [-0.2, -0.15) is 4.80 Å². The first-order chi connectivity index (χ1) is 7.65. The zero-order valence-corrected chi connectivity index (χ0v) is 9.76. The minimum Gasteiger partial charge on any atom is -0.300 e. The van der Waals surface area contributed by atoms with E-state index in [1.54, 1.807) is 14.0 Å². The van der Waals surface area contributed by atoms with Gasteiger partial charge in [0.2, 0.25) is 0 Å². The van der Waals surface area contributed by atoms with Crippen LogP contribution in [0.2, 0.25) is 0 Å². The molecule has 88 valence electrons. The Labute approximate surface area is 94.6 Å². The van der Waals surface area contributed by atoms with E-state index in [9.17, 15) is 4.79 Å². The van der Waals surface area contributed by atoms with Crippen LogP contribution in [0.4, 0.5) is 0 Å². The van der Waals surface area contributed by atoms with Gasteiger partial charge in [-0.1, -0.05) is 0 Å². The van der Waals surface area contributed by atoms with Crippen molar-refractivity contribution in [2.24, 2.45) is 13.0 Å². The summed E-state index contributed by atoms with van der Waals surface area (Å²) in [5.41, 5.74) is 0. The molecule has 0 saturated carbocycles. The largest absolute Gasteiger partial charge is 0.300 e. The summed E-state index contributed by atoms with van der Waals surface area (Å²) in [5.74, 6) is 1.33. The number of Topliss-reactive ketones (excluding diaryl/α,β-unsaturated/α-hetero) is 1. The maximum absolute atomic E-state index is 11.2. The van der Waals surface area contributed by atoms with Gasteiger partial charge < -0.3 is 0 Å². The maximum Gasteiger partial charge on any atom is 0.188 e. The highest BCUT2D eigenvalue weighted by atomic mass is 16.1. The predicted octanol–water partition coefficient (Wildman–Crippen LogP) is 0.0111. The molecule has 1 aliphatic rings. The van der Waals surface area contributed by atoms with Gasteiger partial charge in [0, 0.05) is 5.92 Å². The number of nitrogens with zero attached hydrogens (tertiary/aromatic N) is 5. The molecule has 1 saturated heterocycles. The van der Waals surface area contributed by atoms with Crippen molar-refractivity contribution >= 4 is 5.78 Å². The van der Waals surface area contributed by atoms with Crippen LogP contribution in [-0.4, -0.2) is 44.0 Å². The number of hydrogen-bond donors (Lipinski definition) is 0. The fourth-order valence-corrected chi connectivity index (χ4v) is 2.08. The summed E-state index contributed by atoms with van der Waals surface area (Å²) in [5, 5.41) is 11.9. The molecule has 0 radical (unpaired) electrons. The Morgan fingerprint density at radius 2 is 2.12 bits per heavy atom. The van der Waals surface area contributed by atoms with E-state index < -0.39 is 0 Å². The van der Waals surface area contributed by atoms with Crippen LogP contribution in [0.5, 0.6) is 0 Å². The Morgan fingerprint density at radius 1 is 1.44 bits per heavy atom. The van der Waals surface area contributed by atoms with Crippen molar-refractivity contribution < 1.29 is 4.79 Å². The van der Waals surface area contributed by atoms with Gasteiger partial charge in [-0.05, 0) is 38.1 Å². The summed E-state index contributed by atoms with van der Waals surface area (Å²) in [6.45, 7) is 4.31. The van der Waals surface area contributed by atoms with Crippen molar-refractivity contribution in [3.63, 3.8) is 0 Å². The number of ketones is 1. The van der Waals surface area contributed by atoms with E-state index in [1.165, 1.54) is 4.80 Å². The fraction of sp³-hybridized carbons (Fsp3) is 0.800. The molecule has 2 heterocycles. The van der Waals surface area contributed by atoms with Gasteiger partial charge in [-0.25, -0.2) is 0 Å². The van der Waals surface area contributed by atoms with Crippen LogP contribution in [-0.2, 0) is 18.4 Å². The molecule has 1 fully saturated rings. The van der Waals surface area contributed by atoms with E-state index in [0.29, 0.717) is 5.78 Å². The topological polar surface area (TPSA) is 63.9 Å². The Morgan fingerprint density at radius 3 is 2.62 bits per heavy atom. The van der Waals surface area contributed by atoms with E-state index in [1.807, 2.05) is 0 Å². The van der Waals surface area contributed by atoms with Crippen molar-refractivity contribution in [2.75, 3.05) is 13.1 Å². The number of likely N-dealkylation sites (tertiary alicyclic amines) is 1. The summed E-state index contributed by atoms with van der Waals surface area (Å²) in [6, 6.07) is 0.